The summed E-state index contributed by atoms with van der Waals surface area (Å²) in [4.78, 5) is 11.0. The van der Waals surface area contributed by atoms with Gasteiger partial charge < -0.3 is 5.73 Å². The van der Waals surface area contributed by atoms with E-state index in [0.29, 0.717) is 20.7 Å². The molecule has 0 bridgehead atoms. The fourth-order valence-electron chi connectivity index (χ4n) is 0.876. The van der Waals surface area contributed by atoms with Crippen LogP contribution >= 0.6 is 27.5 Å². The minimum absolute atomic E-state index is 0.0873. The third-order valence-electron chi connectivity index (χ3n) is 1.47. The van der Waals surface area contributed by atoms with Crippen molar-refractivity contribution in [2.75, 3.05) is 5.73 Å². The summed E-state index contributed by atoms with van der Waals surface area (Å²) in [7, 11) is 0. The van der Waals surface area contributed by atoms with Gasteiger partial charge in [0.1, 0.15) is 0 Å². The Labute approximate surface area is 83.8 Å². The summed E-state index contributed by atoms with van der Waals surface area (Å²) in [5.74, 6) is -0.0873. The number of hydrogen-bond acceptors (Lipinski definition) is 2. The molecule has 0 unspecified atom stereocenters. The maximum atomic E-state index is 11.0. The number of anilines is 1. The van der Waals surface area contributed by atoms with E-state index in [2.05, 4.69) is 15.9 Å². The zero-order chi connectivity index (χ0) is 9.30. The lowest BCUT2D eigenvalue weighted by Gasteiger charge is -2.04. The fourth-order valence-corrected chi connectivity index (χ4v) is 1.69. The smallest absolute Gasteiger partial charge is 0.161 e. The van der Waals surface area contributed by atoms with Crippen molar-refractivity contribution in [1.82, 2.24) is 0 Å². The highest BCUT2D eigenvalue weighted by molar-refractivity contribution is 9.10. The van der Waals surface area contributed by atoms with Crippen LogP contribution in [0.4, 0.5) is 5.69 Å². The Morgan fingerprint density at radius 2 is 2.17 bits per heavy atom. The molecular weight excluding hydrogens is 241 g/mol. The Balaban J connectivity index is 3.37. The zero-order valence-corrected chi connectivity index (χ0v) is 8.74. The molecule has 0 aliphatic heterocycles. The molecule has 0 aliphatic rings. The van der Waals surface area contributed by atoms with Gasteiger partial charge in [-0.05, 0) is 35.0 Å². The van der Waals surface area contributed by atoms with Crippen molar-refractivity contribution >= 4 is 39.0 Å². The van der Waals surface area contributed by atoms with Crippen LogP contribution in [0.2, 0.25) is 5.02 Å². The van der Waals surface area contributed by atoms with E-state index in [-0.39, 0.29) is 5.78 Å². The molecule has 0 saturated heterocycles. The van der Waals surface area contributed by atoms with Gasteiger partial charge in [0.15, 0.2) is 5.78 Å². The molecule has 1 rings (SSSR count). The highest BCUT2D eigenvalue weighted by Crippen LogP contribution is 2.27. The van der Waals surface area contributed by atoms with Crippen LogP contribution < -0.4 is 5.73 Å². The molecule has 1 aromatic carbocycles. The van der Waals surface area contributed by atoms with Crippen LogP contribution in [0.1, 0.15) is 17.3 Å². The second kappa shape index (κ2) is 3.46. The van der Waals surface area contributed by atoms with Gasteiger partial charge in [-0.1, -0.05) is 11.6 Å². The van der Waals surface area contributed by atoms with Crippen molar-refractivity contribution in [2.24, 2.45) is 0 Å². The van der Waals surface area contributed by atoms with Crippen LogP contribution in [0.15, 0.2) is 16.6 Å². The molecule has 12 heavy (non-hydrogen) atoms. The maximum absolute atomic E-state index is 11.0. The predicted octanol–water partition coefficient (Wildman–Crippen LogP) is 2.89. The Morgan fingerprint density at radius 3 is 2.67 bits per heavy atom. The van der Waals surface area contributed by atoms with Crippen molar-refractivity contribution in [3.63, 3.8) is 0 Å². The first-order chi connectivity index (χ1) is 5.52. The number of carbonyl (C=O) groups excluding carboxylic acids is 1. The van der Waals surface area contributed by atoms with E-state index in [4.69, 9.17) is 17.3 Å². The number of halogens is 2. The summed E-state index contributed by atoms with van der Waals surface area (Å²) in [5.41, 5.74) is 6.52. The summed E-state index contributed by atoms with van der Waals surface area (Å²) in [5, 5.41) is 0.501. The Hall–Kier alpha value is -0.540. The molecule has 0 heterocycles. The van der Waals surface area contributed by atoms with Gasteiger partial charge in [-0.15, -0.1) is 0 Å². The van der Waals surface area contributed by atoms with Crippen molar-refractivity contribution in [2.45, 2.75) is 6.92 Å². The standard InChI is InChI=1S/C8H7BrClNO/c1-4(12)6-2-5(10)3-7(9)8(6)11/h2-3H,11H2,1H3. The maximum Gasteiger partial charge on any atom is 0.161 e. The number of benzene rings is 1. The number of nitrogens with two attached hydrogens (primary N) is 1. The topological polar surface area (TPSA) is 43.1 Å². The number of ketones is 1. The van der Waals surface area contributed by atoms with Crippen molar-refractivity contribution < 1.29 is 4.79 Å². The minimum atomic E-state index is -0.0873. The van der Waals surface area contributed by atoms with Crippen molar-refractivity contribution in [1.29, 1.82) is 0 Å². The van der Waals surface area contributed by atoms with Crippen LogP contribution in [-0.4, -0.2) is 5.78 Å². The van der Waals surface area contributed by atoms with Crippen LogP contribution in [0, 0.1) is 0 Å². The predicted molar refractivity (Wildman–Crippen MR) is 53.6 cm³/mol. The first kappa shape index (κ1) is 9.55. The number of nitrogen functional groups attached to an aromatic ring is 1. The summed E-state index contributed by atoms with van der Waals surface area (Å²) >= 11 is 8.93. The first-order valence-electron chi connectivity index (χ1n) is 3.28. The van der Waals surface area contributed by atoms with Gasteiger partial charge >= 0.3 is 0 Å². The molecule has 0 fully saturated rings. The SMILES string of the molecule is CC(=O)c1cc(Cl)cc(Br)c1N. The van der Waals surface area contributed by atoms with E-state index < -0.39 is 0 Å². The lowest BCUT2D eigenvalue weighted by Crippen LogP contribution is -2.00. The molecule has 0 aromatic heterocycles. The highest BCUT2D eigenvalue weighted by Gasteiger charge is 2.08. The number of hydrogen-bond donors (Lipinski definition) is 1. The third kappa shape index (κ3) is 1.79. The third-order valence-corrected chi connectivity index (χ3v) is 2.35. The lowest BCUT2D eigenvalue weighted by molar-refractivity contribution is 0.101. The molecular formula is C8H7BrClNO. The molecule has 1 aromatic rings. The summed E-state index contributed by atoms with van der Waals surface area (Å²) in [6.45, 7) is 1.45. The second-order valence-electron chi connectivity index (χ2n) is 2.41. The number of Topliss-reactive ketones (excluding diaryl/α,β-unsaturated/α-hetero) is 1. The van der Waals surface area contributed by atoms with Crippen LogP contribution in [0.25, 0.3) is 0 Å². The molecule has 4 heteroatoms. The van der Waals surface area contributed by atoms with E-state index in [0.717, 1.165) is 0 Å². The van der Waals surface area contributed by atoms with E-state index in [9.17, 15) is 4.79 Å². The minimum Gasteiger partial charge on any atom is -0.397 e. The highest BCUT2D eigenvalue weighted by atomic mass is 79.9. The first-order valence-corrected chi connectivity index (χ1v) is 4.45. The van der Waals surface area contributed by atoms with Crippen LogP contribution in [0.3, 0.4) is 0 Å². The van der Waals surface area contributed by atoms with Gasteiger partial charge in [0.2, 0.25) is 0 Å². The Kier molecular flexibility index (Phi) is 2.75. The molecule has 0 atom stereocenters. The van der Waals surface area contributed by atoms with E-state index in [1.165, 1.54) is 6.92 Å². The van der Waals surface area contributed by atoms with Gasteiger partial charge in [0.25, 0.3) is 0 Å². The van der Waals surface area contributed by atoms with E-state index >= 15 is 0 Å². The zero-order valence-electron chi connectivity index (χ0n) is 6.40. The van der Waals surface area contributed by atoms with E-state index in [1.807, 2.05) is 0 Å². The molecule has 64 valence electrons. The molecule has 0 amide bonds. The second-order valence-corrected chi connectivity index (χ2v) is 3.70. The van der Waals surface area contributed by atoms with Crippen molar-refractivity contribution in [3.8, 4) is 0 Å². The van der Waals surface area contributed by atoms with Gasteiger partial charge in [0.05, 0.1) is 5.69 Å². The van der Waals surface area contributed by atoms with Crippen LogP contribution in [0.5, 0.6) is 0 Å². The van der Waals surface area contributed by atoms with Gasteiger partial charge in [-0.2, -0.15) is 0 Å². The van der Waals surface area contributed by atoms with Gasteiger partial charge in [-0.3, -0.25) is 4.79 Å². The van der Waals surface area contributed by atoms with Gasteiger partial charge in [-0.25, -0.2) is 0 Å². The summed E-state index contributed by atoms with van der Waals surface area (Å²) < 4.78 is 0.653. The molecule has 0 saturated carbocycles. The summed E-state index contributed by atoms with van der Waals surface area (Å²) in [6.07, 6.45) is 0. The molecule has 2 N–H and O–H groups in total. The fraction of sp³-hybridized carbons (Fsp3) is 0.125. The average Bonchev–Trinajstić information content (AvgIpc) is 1.96. The number of rotatable bonds is 1. The quantitative estimate of drug-likeness (QED) is 0.613. The lowest BCUT2D eigenvalue weighted by atomic mass is 10.1. The monoisotopic (exact) mass is 247 g/mol. The van der Waals surface area contributed by atoms with Crippen molar-refractivity contribution in [3.05, 3.63) is 27.2 Å². The van der Waals surface area contributed by atoms with Crippen LogP contribution in [-0.2, 0) is 0 Å². The largest absolute Gasteiger partial charge is 0.397 e. The molecule has 2 nitrogen and oxygen atoms in total. The molecule has 0 radical (unpaired) electrons. The average molecular weight is 249 g/mol. The normalized spacial score (nSPS) is 9.92. The molecule has 0 spiro atoms. The molecule has 0 aliphatic carbocycles. The summed E-state index contributed by atoms with van der Waals surface area (Å²) in [6, 6.07) is 3.22. The number of carbonyl (C=O) groups is 1. The van der Waals surface area contributed by atoms with E-state index in [1.54, 1.807) is 12.1 Å². The van der Waals surface area contributed by atoms with Gasteiger partial charge in [0, 0.05) is 15.1 Å². The Bertz CT molecular complexity index is 338. The Morgan fingerprint density at radius 1 is 1.58 bits per heavy atom.